The SMILES string of the molecule is CCCN(Cc1ccc(C#N)cc1)S(=O)(=O)CC(C)CCl. The van der Waals surface area contributed by atoms with Crippen LogP contribution in [-0.2, 0) is 16.6 Å². The highest BCUT2D eigenvalue weighted by Crippen LogP contribution is 2.14. The second kappa shape index (κ2) is 8.38. The molecule has 1 aromatic rings. The molecule has 0 saturated carbocycles. The van der Waals surface area contributed by atoms with Crippen molar-refractivity contribution in [2.75, 3.05) is 18.2 Å². The first kappa shape index (κ1) is 18.0. The van der Waals surface area contributed by atoms with E-state index in [1.54, 1.807) is 24.3 Å². The standard InChI is InChI=1S/C15H21ClN2O2S/c1-3-8-18(21(19,20)12-13(2)9-16)11-15-6-4-14(10-17)5-7-15/h4-7,13H,3,8-9,11-12H2,1-2H3. The fourth-order valence-electron chi connectivity index (χ4n) is 1.96. The molecule has 1 atom stereocenters. The molecule has 21 heavy (non-hydrogen) atoms. The van der Waals surface area contributed by atoms with Crippen LogP contribution < -0.4 is 0 Å². The Morgan fingerprint density at radius 3 is 2.43 bits per heavy atom. The number of halogens is 1. The Morgan fingerprint density at radius 2 is 1.95 bits per heavy atom. The highest BCUT2D eigenvalue weighted by Gasteiger charge is 2.23. The van der Waals surface area contributed by atoms with Crippen molar-refractivity contribution < 1.29 is 8.42 Å². The molecule has 0 heterocycles. The molecular formula is C15H21ClN2O2S. The summed E-state index contributed by atoms with van der Waals surface area (Å²) in [7, 11) is -3.33. The van der Waals surface area contributed by atoms with Gasteiger partial charge in [-0.15, -0.1) is 11.6 Å². The van der Waals surface area contributed by atoms with E-state index in [2.05, 4.69) is 6.07 Å². The van der Waals surface area contributed by atoms with E-state index in [0.29, 0.717) is 24.5 Å². The van der Waals surface area contributed by atoms with Crippen LogP contribution in [0.15, 0.2) is 24.3 Å². The molecule has 0 fully saturated rings. The van der Waals surface area contributed by atoms with E-state index in [9.17, 15) is 8.42 Å². The largest absolute Gasteiger partial charge is 0.214 e. The smallest absolute Gasteiger partial charge is 0.212 e. The number of hydrogen-bond donors (Lipinski definition) is 0. The van der Waals surface area contributed by atoms with E-state index in [1.165, 1.54) is 4.31 Å². The van der Waals surface area contributed by atoms with Crippen LogP contribution in [0.5, 0.6) is 0 Å². The van der Waals surface area contributed by atoms with Crippen LogP contribution in [0.4, 0.5) is 0 Å². The zero-order valence-electron chi connectivity index (χ0n) is 12.4. The van der Waals surface area contributed by atoms with E-state index in [0.717, 1.165) is 12.0 Å². The zero-order valence-corrected chi connectivity index (χ0v) is 14.0. The van der Waals surface area contributed by atoms with Crippen molar-refractivity contribution in [3.8, 4) is 6.07 Å². The maximum absolute atomic E-state index is 12.4. The summed E-state index contributed by atoms with van der Waals surface area (Å²) in [4.78, 5) is 0. The maximum atomic E-state index is 12.4. The van der Waals surface area contributed by atoms with Crippen molar-refractivity contribution in [3.63, 3.8) is 0 Å². The van der Waals surface area contributed by atoms with E-state index in [-0.39, 0.29) is 11.7 Å². The quantitative estimate of drug-likeness (QED) is 0.689. The number of benzene rings is 1. The van der Waals surface area contributed by atoms with Crippen LogP contribution >= 0.6 is 11.6 Å². The first-order valence-corrected chi connectivity index (χ1v) is 9.10. The molecule has 0 saturated heterocycles. The van der Waals surface area contributed by atoms with Gasteiger partial charge in [-0.05, 0) is 30.0 Å². The number of hydrogen-bond acceptors (Lipinski definition) is 3. The molecule has 0 N–H and O–H groups in total. The summed E-state index contributed by atoms with van der Waals surface area (Å²) in [5, 5.41) is 8.78. The third-order valence-corrected chi connectivity index (χ3v) is 5.68. The summed E-state index contributed by atoms with van der Waals surface area (Å²) in [5.74, 6) is 0.319. The Labute approximate surface area is 132 Å². The van der Waals surface area contributed by atoms with Gasteiger partial charge in [0.05, 0.1) is 17.4 Å². The van der Waals surface area contributed by atoms with Crippen LogP contribution in [0.25, 0.3) is 0 Å². The summed E-state index contributed by atoms with van der Waals surface area (Å²) < 4.78 is 26.4. The third-order valence-electron chi connectivity index (χ3n) is 3.07. The molecule has 0 bridgehead atoms. The van der Waals surface area contributed by atoms with Gasteiger partial charge in [-0.2, -0.15) is 9.57 Å². The van der Waals surface area contributed by atoms with E-state index < -0.39 is 10.0 Å². The van der Waals surface area contributed by atoms with Crippen LogP contribution in [-0.4, -0.2) is 30.9 Å². The number of nitrogens with zero attached hydrogens (tertiary/aromatic N) is 2. The van der Waals surface area contributed by atoms with Gasteiger partial charge in [-0.3, -0.25) is 0 Å². The Morgan fingerprint density at radius 1 is 1.33 bits per heavy atom. The van der Waals surface area contributed by atoms with Gasteiger partial charge in [0.15, 0.2) is 0 Å². The molecule has 0 amide bonds. The normalized spacial score (nSPS) is 13.1. The number of rotatable bonds is 8. The lowest BCUT2D eigenvalue weighted by Gasteiger charge is -2.23. The average Bonchev–Trinajstić information content (AvgIpc) is 2.47. The van der Waals surface area contributed by atoms with Gasteiger partial charge in [0.1, 0.15) is 0 Å². The van der Waals surface area contributed by atoms with Gasteiger partial charge in [0.25, 0.3) is 0 Å². The van der Waals surface area contributed by atoms with Gasteiger partial charge in [-0.1, -0.05) is 26.0 Å². The molecule has 1 rings (SSSR count). The van der Waals surface area contributed by atoms with Gasteiger partial charge >= 0.3 is 0 Å². The Balaban J connectivity index is 2.88. The lowest BCUT2D eigenvalue weighted by molar-refractivity contribution is 0.402. The molecule has 4 nitrogen and oxygen atoms in total. The third kappa shape index (κ3) is 5.66. The summed E-state index contributed by atoms with van der Waals surface area (Å²) in [6, 6.07) is 9.04. The molecule has 116 valence electrons. The lowest BCUT2D eigenvalue weighted by atomic mass is 10.1. The predicted octanol–water partition coefficient (Wildman–Crippen LogP) is 2.97. The summed E-state index contributed by atoms with van der Waals surface area (Å²) >= 11 is 5.72. The highest BCUT2D eigenvalue weighted by atomic mass is 35.5. The van der Waals surface area contributed by atoms with Crippen LogP contribution in [0.2, 0.25) is 0 Å². The summed E-state index contributed by atoms with van der Waals surface area (Å²) in [5.41, 5.74) is 1.45. The van der Waals surface area contributed by atoms with Crippen molar-refractivity contribution in [1.29, 1.82) is 5.26 Å². The van der Waals surface area contributed by atoms with Crippen LogP contribution in [0, 0.1) is 17.2 Å². The fraction of sp³-hybridized carbons (Fsp3) is 0.533. The molecule has 0 aromatic heterocycles. The minimum absolute atomic E-state index is 0.0623. The Hall–Kier alpha value is -1.09. The van der Waals surface area contributed by atoms with Crippen LogP contribution in [0.1, 0.15) is 31.4 Å². The molecule has 0 aliphatic carbocycles. The molecule has 6 heteroatoms. The topological polar surface area (TPSA) is 61.2 Å². The first-order valence-electron chi connectivity index (χ1n) is 6.95. The van der Waals surface area contributed by atoms with E-state index in [1.807, 2.05) is 13.8 Å². The fourth-order valence-corrected chi connectivity index (χ4v) is 4.06. The van der Waals surface area contributed by atoms with E-state index >= 15 is 0 Å². The van der Waals surface area contributed by atoms with Crippen LogP contribution in [0.3, 0.4) is 0 Å². The number of sulfonamides is 1. The van der Waals surface area contributed by atoms with Crippen molar-refractivity contribution in [2.45, 2.75) is 26.8 Å². The molecule has 1 unspecified atom stereocenters. The van der Waals surface area contributed by atoms with Gasteiger partial charge in [-0.25, -0.2) is 8.42 Å². The minimum atomic E-state index is -3.33. The van der Waals surface area contributed by atoms with Gasteiger partial charge < -0.3 is 0 Å². The molecular weight excluding hydrogens is 308 g/mol. The zero-order chi connectivity index (χ0) is 15.9. The Kier molecular flexibility index (Phi) is 7.16. The van der Waals surface area contributed by atoms with Crippen molar-refractivity contribution in [1.82, 2.24) is 4.31 Å². The van der Waals surface area contributed by atoms with Gasteiger partial charge in [0, 0.05) is 19.0 Å². The molecule has 0 aliphatic rings. The Bertz CT molecular complexity index is 579. The highest BCUT2D eigenvalue weighted by molar-refractivity contribution is 7.89. The second-order valence-corrected chi connectivity index (χ2v) is 7.50. The first-order chi connectivity index (χ1) is 9.92. The molecule has 1 aromatic carbocycles. The monoisotopic (exact) mass is 328 g/mol. The lowest BCUT2D eigenvalue weighted by Crippen LogP contribution is -2.35. The van der Waals surface area contributed by atoms with Crippen molar-refractivity contribution in [3.05, 3.63) is 35.4 Å². The summed E-state index contributed by atoms with van der Waals surface area (Å²) in [6.07, 6.45) is 0.755. The maximum Gasteiger partial charge on any atom is 0.214 e. The molecule has 0 aliphatic heterocycles. The van der Waals surface area contributed by atoms with Crippen molar-refractivity contribution in [2.24, 2.45) is 5.92 Å². The summed E-state index contributed by atoms with van der Waals surface area (Å²) in [6.45, 7) is 4.59. The van der Waals surface area contributed by atoms with Crippen molar-refractivity contribution >= 4 is 21.6 Å². The number of nitriles is 1. The molecule has 0 spiro atoms. The minimum Gasteiger partial charge on any atom is -0.212 e. The molecule has 0 radical (unpaired) electrons. The van der Waals surface area contributed by atoms with E-state index in [4.69, 9.17) is 16.9 Å². The van der Waals surface area contributed by atoms with Gasteiger partial charge in [0.2, 0.25) is 10.0 Å². The second-order valence-electron chi connectivity index (χ2n) is 5.18. The predicted molar refractivity (Wildman–Crippen MR) is 85.5 cm³/mol. The average molecular weight is 329 g/mol. The number of alkyl halides is 1.